The molecule has 0 saturated heterocycles. The summed E-state index contributed by atoms with van der Waals surface area (Å²) in [5.74, 6) is -1.54. The number of primary amides is 1. The molecule has 0 fully saturated rings. The highest BCUT2D eigenvalue weighted by Crippen LogP contribution is 2.42. The number of nitrogens with two attached hydrogens (primary N) is 1. The number of aliphatic hydroxyl groups excluding tert-OH is 2. The topological polar surface area (TPSA) is 164 Å². The maximum atomic E-state index is 13.5. The van der Waals surface area contributed by atoms with Gasteiger partial charge < -0.3 is 25.2 Å². The number of ether oxygens (including phenoxy) is 1. The van der Waals surface area contributed by atoms with Gasteiger partial charge in [0.05, 0.1) is 50.1 Å². The summed E-state index contributed by atoms with van der Waals surface area (Å²) in [5, 5.41) is 37.8. The standard InChI is InChI=1S/C28H31F3N6O5/c1-17-23(25(40)42-3)24(22-8-7-18(15-32)13-19(22)16-37(2,9-11-38)10-12-39)36(27(34)41)26(33)35(17)21-6-4-5-20(14-21)28(29,30)31/h4-8,13-14,24,33,38-39H,9-12,16H2,1-3H3,(H-,34,41)/p+1/t24-/m1/s1. The number of esters is 1. The number of rotatable bonds is 9. The summed E-state index contributed by atoms with van der Waals surface area (Å²) in [7, 11) is 2.86. The van der Waals surface area contributed by atoms with Gasteiger partial charge in [-0.2, -0.15) is 18.4 Å². The summed E-state index contributed by atoms with van der Waals surface area (Å²) >= 11 is 0. The Bertz CT molecular complexity index is 1450. The number of anilines is 1. The lowest BCUT2D eigenvalue weighted by molar-refractivity contribution is -0.923. The number of amides is 2. The van der Waals surface area contributed by atoms with Crippen molar-refractivity contribution in [2.45, 2.75) is 25.7 Å². The van der Waals surface area contributed by atoms with Crippen molar-refractivity contribution in [3.05, 3.63) is 76.0 Å². The van der Waals surface area contributed by atoms with E-state index in [0.717, 1.165) is 35.1 Å². The number of halogens is 3. The van der Waals surface area contributed by atoms with E-state index in [1.54, 1.807) is 7.05 Å². The number of nitrogens with one attached hydrogen (secondary N) is 1. The first-order valence-corrected chi connectivity index (χ1v) is 12.7. The number of hydrogen-bond acceptors (Lipinski definition) is 7. The largest absolute Gasteiger partial charge is 0.466 e. The number of nitrogens with zero attached hydrogens (tertiary/aromatic N) is 4. The van der Waals surface area contributed by atoms with E-state index in [4.69, 9.17) is 15.9 Å². The Morgan fingerprint density at radius 2 is 1.81 bits per heavy atom. The molecule has 2 aromatic rings. The molecular formula is C28H32F3N6O5+. The molecule has 0 saturated carbocycles. The highest BCUT2D eigenvalue weighted by atomic mass is 19.4. The first-order valence-electron chi connectivity index (χ1n) is 12.7. The SMILES string of the molecule is COC(=O)C1=C(C)N(c2cccc(C(F)(F)F)c2)C(=N)N(C(N)=O)[C@@H]1c1ccc(C#N)cc1C[N+](C)(CCO)CCO. The van der Waals surface area contributed by atoms with Crippen molar-refractivity contribution in [3.8, 4) is 6.07 Å². The third-order valence-electron chi connectivity index (χ3n) is 7.17. The number of guanidine groups is 1. The van der Waals surface area contributed by atoms with Crippen LogP contribution in [0.4, 0.5) is 23.7 Å². The first-order chi connectivity index (χ1) is 19.7. The Balaban J connectivity index is 2.35. The molecule has 1 aliphatic heterocycles. The molecule has 0 bridgehead atoms. The smallest absolute Gasteiger partial charge is 0.416 e. The van der Waals surface area contributed by atoms with Crippen molar-refractivity contribution in [2.75, 3.05) is 45.4 Å². The Labute approximate surface area is 240 Å². The lowest BCUT2D eigenvalue weighted by Crippen LogP contribution is -2.55. The third kappa shape index (κ3) is 6.38. The van der Waals surface area contributed by atoms with E-state index >= 15 is 0 Å². The van der Waals surface area contributed by atoms with E-state index in [9.17, 15) is 38.2 Å². The van der Waals surface area contributed by atoms with Gasteiger partial charge in [0.1, 0.15) is 25.7 Å². The molecular weight excluding hydrogens is 557 g/mol. The van der Waals surface area contributed by atoms with Gasteiger partial charge in [0, 0.05) is 16.9 Å². The number of carbonyl (C=O) groups excluding carboxylic acids is 2. The number of allylic oxidation sites excluding steroid dienone is 1. The monoisotopic (exact) mass is 589 g/mol. The molecule has 0 unspecified atom stereocenters. The maximum absolute atomic E-state index is 13.5. The van der Waals surface area contributed by atoms with E-state index in [-0.39, 0.29) is 59.9 Å². The number of hydrogen-bond donors (Lipinski definition) is 4. The van der Waals surface area contributed by atoms with Gasteiger partial charge >= 0.3 is 18.2 Å². The minimum atomic E-state index is -4.70. The van der Waals surface area contributed by atoms with Gasteiger partial charge in [-0.05, 0) is 42.8 Å². The molecule has 42 heavy (non-hydrogen) atoms. The van der Waals surface area contributed by atoms with E-state index in [0.29, 0.717) is 11.1 Å². The zero-order valence-corrected chi connectivity index (χ0v) is 23.3. The van der Waals surface area contributed by atoms with Crippen LogP contribution in [0.5, 0.6) is 0 Å². The molecule has 0 radical (unpaired) electrons. The maximum Gasteiger partial charge on any atom is 0.416 e. The quantitative estimate of drug-likeness (QED) is 0.258. The Morgan fingerprint density at radius 3 is 2.33 bits per heavy atom. The van der Waals surface area contributed by atoms with Crippen LogP contribution in [-0.4, -0.2) is 78.0 Å². The van der Waals surface area contributed by atoms with Gasteiger partial charge in [-0.15, -0.1) is 0 Å². The van der Waals surface area contributed by atoms with Gasteiger partial charge in [0.25, 0.3) is 0 Å². The van der Waals surface area contributed by atoms with E-state index < -0.39 is 35.7 Å². The van der Waals surface area contributed by atoms with Gasteiger partial charge in [0.2, 0.25) is 5.96 Å². The van der Waals surface area contributed by atoms with Gasteiger partial charge in [-0.1, -0.05) is 12.1 Å². The van der Waals surface area contributed by atoms with Gasteiger partial charge in [-0.25, -0.2) is 9.59 Å². The second-order valence-electron chi connectivity index (χ2n) is 10.0. The molecule has 1 heterocycles. The molecule has 224 valence electrons. The zero-order valence-electron chi connectivity index (χ0n) is 23.3. The Hall–Kier alpha value is -4.45. The summed E-state index contributed by atoms with van der Waals surface area (Å²) in [6.07, 6.45) is -4.70. The lowest BCUT2D eigenvalue weighted by atomic mass is 9.88. The van der Waals surface area contributed by atoms with Crippen molar-refractivity contribution in [1.82, 2.24) is 4.90 Å². The van der Waals surface area contributed by atoms with Crippen LogP contribution in [0.1, 0.15) is 35.2 Å². The highest BCUT2D eigenvalue weighted by molar-refractivity contribution is 6.10. The molecule has 0 aliphatic carbocycles. The highest BCUT2D eigenvalue weighted by Gasteiger charge is 2.45. The van der Waals surface area contributed by atoms with Crippen molar-refractivity contribution < 1.29 is 42.2 Å². The van der Waals surface area contributed by atoms with Crippen LogP contribution in [0.25, 0.3) is 0 Å². The number of alkyl halides is 3. The fourth-order valence-corrected chi connectivity index (χ4v) is 5.11. The molecule has 0 aromatic heterocycles. The molecule has 14 heteroatoms. The van der Waals surface area contributed by atoms with Crippen LogP contribution in [0.2, 0.25) is 0 Å². The van der Waals surface area contributed by atoms with Crippen molar-refractivity contribution in [3.63, 3.8) is 0 Å². The number of urea groups is 1. The van der Waals surface area contributed by atoms with Crippen LogP contribution in [0.15, 0.2) is 53.7 Å². The molecule has 5 N–H and O–H groups in total. The summed E-state index contributed by atoms with van der Waals surface area (Å²) in [6.45, 7) is 1.55. The normalized spacial score (nSPS) is 16.0. The second kappa shape index (κ2) is 12.6. The van der Waals surface area contributed by atoms with E-state index in [2.05, 4.69) is 0 Å². The van der Waals surface area contributed by atoms with Gasteiger partial charge in [-0.3, -0.25) is 15.2 Å². The van der Waals surface area contributed by atoms with Gasteiger partial charge in [0.15, 0.2) is 0 Å². The third-order valence-corrected chi connectivity index (χ3v) is 7.17. The minimum absolute atomic E-state index is 0.0203. The fraction of sp³-hybridized carbons (Fsp3) is 0.357. The number of quaternary nitrogens is 1. The van der Waals surface area contributed by atoms with Crippen LogP contribution < -0.4 is 10.6 Å². The molecule has 2 aromatic carbocycles. The van der Waals surface area contributed by atoms with E-state index in [1.165, 1.54) is 31.2 Å². The summed E-state index contributed by atoms with van der Waals surface area (Å²) in [5.41, 5.74) is 5.43. The van der Waals surface area contributed by atoms with Crippen molar-refractivity contribution in [1.29, 1.82) is 10.7 Å². The second-order valence-corrected chi connectivity index (χ2v) is 10.0. The number of methoxy groups -OCH3 is 1. The average Bonchev–Trinajstić information content (AvgIpc) is 2.92. The predicted octanol–water partition coefficient (Wildman–Crippen LogP) is 2.83. The van der Waals surface area contributed by atoms with Crippen LogP contribution in [-0.2, 0) is 22.3 Å². The molecule has 3 rings (SSSR count). The fourth-order valence-electron chi connectivity index (χ4n) is 5.11. The molecule has 0 spiro atoms. The number of nitriles is 1. The zero-order chi connectivity index (χ0) is 31.4. The van der Waals surface area contributed by atoms with Crippen molar-refractivity contribution >= 4 is 23.6 Å². The molecule has 2 amide bonds. The summed E-state index contributed by atoms with van der Waals surface area (Å²) < 4.78 is 45.7. The Kier molecular flexibility index (Phi) is 9.62. The van der Waals surface area contributed by atoms with Crippen LogP contribution >= 0.6 is 0 Å². The summed E-state index contributed by atoms with van der Waals surface area (Å²) in [6, 6.07) is 8.05. The number of carbonyl (C=O) groups is 2. The predicted molar refractivity (Wildman–Crippen MR) is 145 cm³/mol. The first kappa shape index (κ1) is 32.1. The summed E-state index contributed by atoms with van der Waals surface area (Å²) in [4.78, 5) is 28.0. The lowest BCUT2D eigenvalue weighted by Gasteiger charge is -2.43. The van der Waals surface area contributed by atoms with Crippen LogP contribution in [0.3, 0.4) is 0 Å². The number of likely N-dealkylation sites (N-methyl/N-ethyl adjacent to an activating group) is 1. The number of aliphatic hydroxyl groups is 2. The van der Waals surface area contributed by atoms with E-state index in [1.807, 2.05) is 6.07 Å². The minimum Gasteiger partial charge on any atom is -0.466 e. The Morgan fingerprint density at radius 1 is 1.17 bits per heavy atom. The average molecular weight is 590 g/mol. The molecule has 1 aliphatic rings. The van der Waals surface area contributed by atoms with Crippen molar-refractivity contribution in [2.24, 2.45) is 5.73 Å². The number of benzene rings is 2. The molecule has 1 atom stereocenters. The van der Waals surface area contributed by atoms with Crippen LogP contribution in [0, 0.1) is 16.7 Å². The molecule has 11 nitrogen and oxygen atoms in total.